The van der Waals surface area contributed by atoms with E-state index in [0.29, 0.717) is 18.9 Å². The van der Waals surface area contributed by atoms with Gasteiger partial charge in [0.2, 0.25) is 5.88 Å². The second-order valence-electron chi connectivity index (χ2n) is 11.2. The van der Waals surface area contributed by atoms with Crippen molar-refractivity contribution in [3.8, 4) is 5.88 Å². The van der Waals surface area contributed by atoms with Gasteiger partial charge in [-0.2, -0.15) is 5.10 Å². The largest absolute Gasteiger partial charge is 0.481 e. The minimum atomic E-state index is -0.802. The molecule has 0 fully saturated rings. The lowest BCUT2D eigenvalue weighted by Crippen LogP contribution is -2.15. The van der Waals surface area contributed by atoms with E-state index in [9.17, 15) is 9.90 Å². The highest BCUT2D eigenvalue weighted by Gasteiger charge is 2.22. The number of pyridine rings is 1. The second-order valence-corrected chi connectivity index (χ2v) is 11.2. The number of carboxylic acid groups (broad SMARTS) is 1. The molecule has 4 rings (SSSR count). The first-order valence-electron chi connectivity index (χ1n) is 13.1. The first kappa shape index (κ1) is 25.9. The van der Waals surface area contributed by atoms with E-state index in [1.165, 1.54) is 29.7 Å². The van der Waals surface area contributed by atoms with Crippen LogP contribution in [0.4, 0.5) is 0 Å². The van der Waals surface area contributed by atoms with Gasteiger partial charge in [0.15, 0.2) is 0 Å². The van der Waals surface area contributed by atoms with Gasteiger partial charge in [-0.25, -0.2) is 4.68 Å². The van der Waals surface area contributed by atoms with Crippen molar-refractivity contribution in [3.63, 3.8) is 0 Å². The van der Waals surface area contributed by atoms with Crippen molar-refractivity contribution in [2.24, 2.45) is 7.05 Å². The summed E-state index contributed by atoms with van der Waals surface area (Å²) < 4.78 is 7.80. The van der Waals surface area contributed by atoms with E-state index in [1.807, 2.05) is 13.1 Å². The lowest BCUT2D eigenvalue weighted by Gasteiger charge is -2.23. The summed E-state index contributed by atoms with van der Waals surface area (Å²) >= 11 is 0. The monoisotopic (exact) mass is 489 g/mol. The Bertz CT molecular complexity index is 1220. The van der Waals surface area contributed by atoms with E-state index in [2.05, 4.69) is 63.1 Å². The number of carbonyl (C=O) groups is 1. The Balaban J connectivity index is 1.44. The molecule has 0 spiro atoms. The molecule has 2 aromatic heterocycles. The Morgan fingerprint density at radius 3 is 2.64 bits per heavy atom. The average Bonchev–Trinajstić information content (AvgIpc) is 3.16. The van der Waals surface area contributed by atoms with E-state index < -0.39 is 5.97 Å². The van der Waals surface area contributed by atoms with Crippen molar-refractivity contribution in [2.45, 2.75) is 84.0 Å². The first-order valence-corrected chi connectivity index (χ1v) is 13.1. The zero-order chi connectivity index (χ0) is 25.9. The van der Waals surface area contributed by atoms with Crippen LogP contribution in [0.15, 0.2) is 36.4 Å². The van der Waals surface area contributed by atoms with E-state index >= 15 is 0 Å². The lowest BCUT2D eigenvalue weighted by atomic mass is 9.82. The van der Waals surface area contributed by atoms with Gasteiger partial charge in [0, 0.05) is 30.9 Å². The quantitative estimate of drug-likeness (QED) is 0.416. The molecule has 0 radical (unpaired) electrons. The molecule has 0 saturated carbocycles. The molecule has 192 valence electrons. The number of hydrogen-bond acceptors (Lipinski definition) is 4. The molecule has 6 heteroatoms. The molecule has 2 heterocycles. The fourth-order valence-electron chi connectivity index (χ4n) is 5.02. The average molecular weight is 490 g/mol. The summed E-state index contributed by atoms with van der Waals surface area (Å²) in [6.07, 6.45) is 6.04. The number of nitrogens with zero attached hydrogens (tertiary/aromatic N) is 3. The standard InChI is InChI=1S/C30H39N3O3/c1-20-14-22(16-24(15-20)30(2,3)4)23(18-29(34)35)17-26-19-28(33(5)32-26)36-13-12-25-11-10-21-8-6-7-9-27(21)31-25/h10-11,14-16,19,23H,6-9,12-13,17-18H2,1-5H3,(H,34,35). The van der Waals surface area contributed by atoms with Gasteiger partial charge in [0.1, 0.15) is 0 Å². The van der Waals surface area contributed by atoms with Crippen LogP contribution in [0.2, 0.25) is 0 Å². The number of rotatable bonds is 9. The molecule has 1 aliphatic carbocycles. The molecular weight excluding hydrogens is 450 g/mol. The Morgan fingerprint density at radius 2 is 1.89 bits per heavy atom. The Kier molecular flexibility index (Phi) is 7.82. The number of aryl methyl sites for hydroxylation is 4. The van der Waals surface area contributed by atoms with Crippen LogP contribution in [0.25, 0.3) is 0 Å². The van der Waals surface area contributed by atoms with Crippen molar-refractivity contribution in [1.82, 2.24) is 14.8 Å². The molecule has 6 nitrogen and oxygen atoms in total. The fourth-order valence-corrected chi connectivity index (χ4v) is 5.02. The molecule has 0 aliphatic heterocycles. The van der Waals surface area contributed by atoms with Gasteiger partial charge in [-0.3, -0.25) is 9.78 Å². The van der Waals surface area contributed by atoms with Crippen LogP contribution in [-0.4, -0.2) is 32.4 Å². The predicted octanol–water partition coefficient (Wildman–Crippen LogP) is 5.72. The van der Waals surface area contributed by atoms with Crippen LogP contribution in [0.5, 0.6) is 5.88 Å². The van der Waals surface area contributed by atoms with E-state index in [0.717, 1.165) is 41.8 Å². The zero-order valence-corrected chi connectivity index (χ0v) is 22.3. The lowest BCUT2D eigenvalue weighted by molar-refractivity contribution is -0.137. The fraction of sp³-hybridized carbons (Fsp3) is 0.500. The van der Waals surface area contributed by atoms with Gasteiger partial charge in [-0.1, -0.05) is 50.6 Å². The highest BCUT2D eigenvalue weighted by molar-refractivity contribution is 5.68. The molecule has 1 unspecified atom stereocenters. The molecule has 1 aliphatic rings. The molecule has 36 heavy (non-hydrogen) atoms. The summed E-state index contributed by atoms with van der Waals surface area (Å²) in [6, 6.07) is 12.7. The third kappa shape index (κ3) is 6.54. The third-order valence-corrected chi connectivity index (χ3v) is 7.05. The van der Waals surface area contributed by atoms with Crippen LogP contribution in [0, 0.1) is 6.92 Å². The molecule has 0 saturated heterocycles. The first-order chi connectivity index (χ1) is 17.1. The molecule has 1 aromatic carbocycles. The number of aliphatic carboxylic acids is 1. The van der Waals surface area contributed by atoms with Gasteiger partial charge >= 0.3 is 5.97 Å². The number of carboxylic acids is 1. The second kappa shape index (κ2) is 10.9. The number of hydrogen-bond donors (Lipinski definition) is 1. The van der Waals surface area contributed by atoms with E-state index in [4.69, 9.17) is 9.72 Å². The summed E-state index contributed by atoms with van der Waals surface area (Å²) in [5.41, 5.74) is 7.94. The zero-order valence-electron chi connectivity index (χ0n) is 22.3. The molecule has 0 amide bonds. The predicted molar refractivity (Wildman–Crippen MR) is 142 cm³/mol. The van der Waals surface area contributed by atoms with Crippen molar-refractivity contribution in [2.75, 3.05) is 6.61 Å². The Hall–Kier alpha value is -3.15. The maximum atomic E-state index is 11.7. The van der Waals surface area contributed by atoms with Crippen molar-refractivity contribution < 1.29 is 14.6 Å². The van der Waals surface area contributed by atoms with Crippen LogP contribution >= 0.6 is 0 Å². The number of fused-ring (bicyclic) bond motifs is 1. The molecule has 0 bridgehead atoms. The summed E-state index contributed by atoms with van der Waals surface area (Å²) in [5, 5.41) is 14.3. The number of ether oxygens (including phenoxy) is 1. The molecule has 1 N–H and O–H groups in total. The van der Waals surface area contributed by atoms with Crippen LogP contribution in [0.1, 0.15) is 85.3 Å². The number of benzene rings is 1. The van der Waals surface area contributed by atoms with Crippen molar-refractivity contribution in [1.29, 1.82) is 0 Å². The summed E-state index contributed by atoms with van der Waals surface area (Å²) in [7, 11) is 1.87. The maximum absolute atomic E-state index is 11.7. The van der Waals surface area contributed by atoms with Crippen LogP contribution < -0.4 is 4.74 Å². The van der Waals surface area contributed by atoms with Crippen LogP contribution in [-0.2, 0) is 42.9 Å². The highest BCUT2D eigenvalue weighted by Crippen LogP contribution is 2.31. The summed E-state index contributed by atoms with van der Waals surface area (Å²) in [5.74, 6) is -0.272. The molecule has 1 atom stereocenters. The molecule has 3 aromatic rings. The highest BCUT2D eigenvalue weighted by atomic mass is 16.5. The molecular formula is C30H39N3O3. The minimum absolute atomic E-state index is 0.00649. The van der Waals surface area contributed by atoms with E-state index in [1.54, 1.807) is 4.68 Å². The van der Waals surface area contributed by atoms with Gasteiger partial charge in [-0.15, -0.1) is 0 Å². The number of aromatic nitrogens is 3. The summed E-state index contributed by atoms with van der Waals surface area (Å²) in [4.78, 5) is 16.6. The summed E-state index contributed by atoms with van der Waals surface area (Å²) in [6.45, 7) is 9.14. The van der Waals surface area contributed by atoms with Crippen molar-refractivity contribution in [3.05, 3.63) is 75.7 Å². The van der Waals surface area contributed by atoms with Crippen molar-refractivity contribution >= 4 is 5.97 Å². The Morgan fingerprint density at radius 1 is 1.11 bits per heavy atom. The SMILES string of the molecule is Cc1cc(C(CC(=O)O)Cc2cc(OCCc3ccc4c(n3)CCCC4)n(C)n2)cc(C(C)(C)C)c1. The normalized spacial score (nSPS) is 14.4. The van der Waals surface area contributed by atoms with Gasteiger partial charge in [-0.05, 0) is 73.1 Å². The smallest absolute Gasteiger partial charge is 0.303 e. The van der Waals surface area contributed by atoms with Gasteiger partial charge in [0.05, 0.1) is 18.7 Å². The third-order valence-electron chi connectivity index (χ3n) is 7.05. The van der Waals surface area contributed by atoms with E-state index in [-0.39, 0.29) is 17.8 Å². The Labute approximate surface area is 214 Å². The topological polar surface area (TPSA) is 77.2 Å². The maximum Gasteiger partial charge on any atom is 0.303 e. The minimum Gasteiger partial charge on any atom is -0.481 e. The van der Waals surface area contributed by atoms with Crippen LogP contribution in [0.3, 0.4) is 0 Å². The van der Waals surface area contributed by atoms with Gasteiger partial charge in [0.25, 0.3) is 0 Å². The van der Waals surface area contributed by atoms with Gasteiger partial charge < -0.3 is 9.84 Å².